The van der Waals surface area contributed by atoms with Crippen LogP contribution in [0.5, 0.6) is 0 Å². The molecule has 0 radical (unpaired) electrons. The summed E-state index contributed by atoms with van der Waals surface area (Å²) in [5.41, 5.74) is 2.37. The maximum Gasteiger partial charge on any atom is 0.137 e. The van der Waals surface area contributed by atoms with Gasteiger partial charge < -0.3 is 10.3 Å². The predicted octanol–water partition coefficient (Wildman–Crippen LogP) is 2.38. The molecule has 0 saturated carbocycles. The molecule has 1 aliphatic rings. The van der Waals surface area contributed by atoms with E-state index in [1.807, 2.05) is 12.3 Å². The summed E-state index contributed by atoms with van der Waals surface area (Å²) in [5.74, 6) is 0. The zero-order valence-corrected chi connectivity index (χ0v) is 8.66. The number of piperidine rings is 1. The summed E-state index contributed by atoms with van der Waals surface area (Å²) in [7, 11) is 0. The number of hydrogen-bond acceptors (Lipinski definition) is 2. The molecule has 1 fully saturated rings. The van der Waals surface area contributed by atoms with Crippen molar-refractivity contribution >= 4 is 11.0 Å². The van der Waals surface area contributed by atoms with Gasteiger partial charge in [-0.15, -0.1) is 0 Å². The molecular weight excluding hydrogens is 186 g/mol. The summed E-state index contributed by atoms with van der Waals surface area (Å²) in [5, 5.41) is 4.83. The van der Waals surface area contributed by atoms with Crippen molar-refractivity contribution < 1.29 is 0 Å². The van der Waals surface area contributed by atoms with Crippen molar-refractivity contribution in [2.24, 2.45) is 0 Å². The van der Waals surface area contributed by atoms with Crippen LogP contribution in [-0.2, 0) is 0 Å². The first-order chi connectivity index (χ1) is 7.45. The SMILES string of the molecule is c1cnc2[nH]cc(C3CCCCN3)c2c1. The highest BCUT2D eigenvalue weighted by Gasteiger charge is 2.17. The topological polar surface area (TPSA) is 40.7 Å². The molecule has 1 saturated heterocycles. The van der Waals surface area contributed by atoms with Crippen LogP contribution in [0.1, 0.15) is 30.9 Å². The minimum atomic E-state index is 0.511. The first-order valence-electron chi connectivity index (χ1n) is 5.60. The second-order valence-electron chi connectivity index (χ2n) is 4.15. The van der Waals surface area contributed by atoms with Crippen LogP contribution in [0, 0.1) is 0 Å². The highest BCUT2D eigenvalue weighted by Crippen LogP contribution is 2.28. The van der Waals surface area contributed by atoms with E-state index in [2.05, 4.69) is 27.5 Å². The zero-order valence-electron chi connectivity index (χ0n) is 8.66. The molecule has 3 heterocycles. The average Bonchev–Trinajstić information content (AvgIpc) is 2.74. The Morgan fingerprint density at radius 2 is 2.33 bits per heavy atom. The van der Waals surface area contributed by atoms with Crippen LogP contribution in [0.4, 0.5) is 0 Å². The lowest BCUT2D eigenvalue weighted by Gasteiger charge is -2.22. The number of aromatic amines is 1. The summed E-state index contributed by atoms with van der Waals surface area (Å²) < 4.78 is 0. The number of rotatable bonds is 1. The van der Waals surface area contributed by atoms with Gasteiger partial charge in [0.2, 0.25) is 0 Å². The molecule has 1 atom stereocenters. The van der Waals surface area contributed by atoms with Gasteiger partial charge in [-0.05, 0) is 37.1 Å². The Morgan fingerprint density at radius 3 is 3.20 bits per heavy atom. The van der Waals surface area contributed by atoms with Crippen molar-refractivity contribution in [3.63, 3.8) is 0 Å². The molecule has 0 amide bonds. The number of nitrogens with one attached hydrogen (secondary N) is 2. The Kier molecular flexibility index (Phi) is 2.18. The van der Waals surface area contributed by atoms with Gasteiger partial charge in [0.1, 0.15) is 5.65 Å². The fourth-order valence-corrected chi connectivity index (χ4v) is 2.38. The molecular formula is C12H15N3. The lowest BCUT2D eigenvalue weighted by molar-refractivity contribution is 0.414. The monoisotopic (exact) mass is 201 g/mol. The fraction of sp³-hybridized carbons (Fsp3) is 0.417. The van der Waals surface area contributed by atoms with E-state index in [9.17, 15) is 0 Å². The molecule has 0 aliphatic carbocycles. The summed E-state index contributed by atoms with van der Waals surface area (Å²) in [6, 6.07) is 4.66. The number of nitrogens with zero attached hydrogens (tertiary/aromatic N) is 1. The molecule has 0 spiro atoms. The third kappa shape index (κ3) is 1.53. The number of pyridine rings is 1. The van der Waals surface area contributed by atoms with Gasteiger partial charge >= 0.3 is 0 Å². The Labute approximate surface area is 88.9 Å². The molecule has 0 bridgehead atoms. The van der Waals surface area contributed by atoms with Gasteiger partial charge in [0.15, 0.2) is 0 Å². The molecule has 2 N–H and O–H groups in total. The Bertz CT molecular complexity index is 455. The van der Waals surface area contributed by atoms with Crippen molar-refractivity contribution in [2.45, 2.75) is 25.3 Å². The van der Waals surface area contributed by atoms with Gasteiger partial charge in [0.05, 0.1) is 0 Å². The average molecular weight is 201 g/mol. The zero-order chi connectivity index (χ0) is 10.1. The minimum absolute atomic E-state index is 0.511. The highest BCUT2D eigenvalue weighted by atomic mass is 14.9. The number of hydrogen-bond donors (Lipinski definition) is 2. The van der Waals surface area contributed by atoms with E-state index in [-0.39, 0.29) is 0 Å². The van der Waals surface area contributed by atoms with E-state index >= 15 is 0 Å². The van der Waals surface area contributed by atoms with E-state index in [1.165, 1.54) is 30.2 Å². The van der Waals surface area contributed by atoms with Crippen molar-refractivity contribution in [1.82, 2.24) is 15.3 Å². The van der Waals surface area contributed by atoms with Crippen LogP contribution in [0.25, 0.3) is 11.0 Å². The summed E-state index contributed by atoms with van der Waals surface area (Å²) in [6.45, 7) is 1.14. The fourth-order valence-electron chi connectivity index (χ4n) is 2.38. The number of H-pyrrole nitrogens is 1. The lowest BCUT2D eigenvalue weighted by atomic mass is 9.98. The summed E-state index contributed by atoms with van der Waals surface area (Å²) >= 11 is 0. The molecule has 1 aliphatic heterocycles. The van der Waals surface area contributed by atoms with Crippen molar-refractivity contribution in [1.29, 1.82) is 0 Å². The van der Waals surface area contributed by atoms with Gasteiger partial charge in [0, 0.05) is 23.8 Å². The van der Waals surface area contributed by atoms with Crippen molar-refractivity contribution in [3.8, 4) is 0 Å². The maximum atomic E-state index is 4.31. The third-order valence-electron chi connectivity index (χ3n) is 3.17. The van der Waals surface area contributed by atoms with E-state index in [0.29, 0.717) is 6.04 Å². The second-order valence-corrected chi connectivity index (χ2v) is 4.15. The van der Waals surface area contributed by atoms with Crippen LogP contribution in [-0.4, -0.2) is 16.5 Å². The molecule has 2 aromatic heterocycles. The first kappa shape index (κ1) is 8.92. The van der Waals surface area contributed by atoms with Gasteiger partial charge in [0.25, 0.3) is 0 Å². The molecule has 3 rings (SSSR count). The predicted molar refractivity (Wildman–Crippen MR) is 60.7 cm³/mol. The van der Waals surface area contributed by atoms with E-state index < -0.39 is 0 Å². The van der Waals surface area contributed by atoms with Crippen molar-refractivity contribution in [3.05, 3.63) is 30.1 Å². The molecule has 3 nitrogen and oxygen atoms in total. The molecule has 3 heteroatoms. The van der Waals surface area contributed by atoms with Crippen LogP contribution >= 0.6 is 0 Å². The molecule has 78 valence electrons. The standard InChI is InChI=1S/C12H15N3/c1-2-6-13-11(5-1)10-8-15-12-9(10)4-3-7-14-12/h3-4,7-8,11,13H,1-2,5-6H2,(H,14,15). The molecule has 0 aromatic carbocycles. The van der Waals surface area contributed by atoms with Gasteiger partial charge in [-0.25, -0.2) is 4.98 Å². The van der Waals surface area contributed by atoms with Crippen LogP contribution in [0.15, 0.2) is 24.5 Å². The quantitative estimate of drug-likeness (QED) is 0.743. The van der Waals surface area contributed by atoms with E-state index in [4.69, 9.17) is 0 Å². The Morgan fingerprint density at radius 1 is 1.33 bits per heavy atom. The Hall–Kier alpha value is -1.35. The van der Waals surface area contributed by atoms with E-state index in [0.717, 1.165) is 12.2 Å². The number of aromatic nitrogens is 2. The van der Waals surface area contributed by atoms with Crippen molar-refractivity contribution in [2.75, 3.05) is 6.54 Å². The van der Waals surface area contributed by atoms with Crippen LogP contribution < -0.4 is 5.32 Å². The lowest BCUT2D eigenvalue weighted by Crippen LogP contribution is -2.26. The minimum Gasteiger partial charge on any atom is -0.346 e. The maximum absolute atomic E-state index is 4.31. The third-order valence-corrected chi connectivity index (χ3v) is 3.17. The van der Waals surface area contributed by atoms with Gasteiger partial charge in [-0.2, -0.15) is 0 Å². The van der Waals surface area contributed by atoms with E-state index in [1.54, 1.807) is 0 Å². The van der Waals surface area contributed by atoms with Crippen LogP contribution in [0.2, 0.25) is 0 Å². The molecule has 15 heavy (non-hydrogen) atoms. The first-order valence-corrected chi connectivity index (χ1v) is 5.60. The Balaban J connectivity index is 2.02. The highest BCUT2D eigenvalue weighted by molar-refractivity contribution is 5.80. The summed E-state index contributed by atoms with van der Waals surface area (Å²) in [6.07, 6.45) is 7.79. The van der Waals surface area contributed by atoms with Gasteiger partial charge in [-0.3, -0.25) is 0 Å². The smallest absolute Gasteiger partial charge is 0.137 e. The molecule has 2 aromatic rings. The summed E-state index contributed by atoms with van der Waals surface area (Å²) in [4.78, 5) is 7.55. The normalized spacial score (nSPS) is 22.0. The second kappa shape index (κ2) is 3.66. The number of fused-ring (bicyclic) bond motifs is 1. The van der Waals surface area contributed by atoms with Crippen LogP contribution in [0.3, 0.4) is 0 Å². The largest absolute Gasteiger partial charge is 0.346 e. The molecule has 1 unspecified atom stereocenters. The van der Waals surface area contributed by atoms with Gasteiger partial charge in [-0.1, -0.05) is 6.42 Å².